The van der Waals surface area contributed by atoms with Crippen molar-refractivity contribution < 1.29 is 24.6 Å². The van der Waals surface area contributed by atoms with E-state index in [4.69, 9.17) is 0 Å². The minimum Gasteiger partial charge on any atom is -0.479 e. The maximum absolute atomic E-state index is 11.4. The van der Waals surface area contributed by atoms with Gasteiger partial charge in [-0.2, -0.15) is 0 Å². The van der Waals surface area contributed by atoms with Crippen LogP contribution in [0.3, 0.4) is 0 Å². The van der Waals surface area contributed by atoms with Gasteiger partial charge >= 0.3 is 11.9 Å². The van der Waals surface area contributed by atoms with E-state index in [1.807, 2.05) is 24.3 Å². The highest BCUT2D eigenvalue weighted by molar-refractivity contribution is 6.06. The van der Waals surface area contributed by atoms with Crippen LogP contribution in [-0.2, 0) is 20.8 Å². The zero-order valence-corrected chi connectivity index (χ0v) is 11.9. The van der Waals surface area contributed by atoms with E-state index in [1.54, 1.807) is 6.20 Å². The minimum atomic E-state index is -2.33. The number of fused-ring (bicyclic) bond motifs is 1. The number of amides is 1. The molecular weight excluding hydrogens is 288 g/mol. The summed E-state index contributed by atoms with van der Waals surface area (Å²) in [4.78, 5) is 37.1. The van der Waals surface area contributed by atoms with Gasteiger partial charge in [-0.3, -0.25) is 4.79 Å². The van der Waals surface area contributed by atoms with Gasteiger partial charge in [0.25, 0.3) is 0 Å². The Labute approximate surface area is 125 Å². The summed E-state index contributed by atoms with van der Waals surface area (Å²) in [5.41, 5.74) is -0.648. The van der Waals surface area contributed by atoms with Crippen LogP contribution in [0, 0.1) is 0 Å². The average Bonchev–Trinajstić information content (AvgIpc) is 2.85. The largest absolute Gasteiger partial charge is 0.479 e. The maximum Gasteiger partial charge on any atom is 0.341 e. The van der Waals surface area contributed by atoms with Gasteiger partial charge in [-0.15, -0.1) is 0 Å². The number of hydrogen-bond acceptors (Lipinski definition) is 3. The van der Waals surface area contributed by atoms with Gasteiger partial charge in [0.15, 0.2) is 0 Å². The van der Waals surface area contributed by atoms with Crippen LogP contribution in [0.4, 0.5) is 0 Å². The number of nitrogens with one attached hydrogen (secondary N) is 2. The Bertz CT molecular complexity index is 720. The van der Waals surface area contributed by atoms with Gasteiger partial charge in [-0.1, -0.05) is 18.2 Å². The predicted molar refractivity (Wildman–Crippen MR) is 78.4 cm³/mol. The molecule has 116 valence electrons. The molecule has 0 bridgehead atoms. The summed E-state index contributed by atoms with van der Waals surface area (Å²) in [5.74, 6) is -3.88. The van der Waals surface area contributed by atoms with Crippen LogP contribution in [0.25, 0.3) is 10.9 Å². The van der Waals surface area contributed by atoms with Crippen molar-refractivity contribution in [1.29, 1.82) is 0 Å². The number of benzene rings is 1. The number of aryl methyl sites for hydroxylation is 1. The van der Waals surface area contributed by atoms with Crippen molar-refractivity contribution in [1.82, 2.24) is 10.3 Å². The number of carbonyl (C=O) groups excluding carboxylic acids is 1. The molecule has 4 N–H and O–H groups in total. The third-order valence-electron chi connectivity index (χ3n) is 3.56. The lowest BCUT2D eigenvalue weighted by atomic mass is 9.91. The average molecular weight is 304 g/mol. The first-order valence-electron chi connectivity index (χ1n) is 6.67. The van der Waals surface area contributed by atoms with Crippen molar-refractivity contribution in [3.05, 3.63) is 36.0 Å². The fourth-order valence-corrected chi connectivity index (χ4v) is 2.44. The SMILES string of the molecule is CC(=O)NC(CCc1c[nH]c2ccccc12)(C(=O)O)C(=O)O. The van der Waals surface area contributed by atoms with Crippen molar-refractivity contribution in [3.63, 3.8) is 0 Å². The molecule has 0 saturated carbocycles. The molecule has 0 saturated heterocycles. The molecule has 2 rings (SSSR count). The molecule has 1 heterocycles. The minimum absolute atomic E-state index is 0.197. The molecule has 1 aromatic heterocycles. The number of H-pyrrole nitrogens is 1. The van der Waals surface area contributed by atoms with Crippen LogP contribution in [0.15, 0.2) is 30.5 Å². The summed E-state index contributed by atoms with van der Waals surface area (Å²) in [7, 11) is 0. The van der Waals surface area contributed by atoms with Gasteiger partial charge in [0.2, 0.25) is 11.4 Å². The first-order chi connectivity index (χ1) is 10.4. The van der Waals surface area contributed by atoms with E-state index in [0.29, 0.717) is 0 Å². The normalized spacial score (nSPS) is 11.3. The maximum atomic E-state index is 11.4. The van der Waals surface area contributed by atoms with Crippen LogP contribution in [0.5, 0.6) is 0 Å². The summed E-state index contributed by atoms with van der Waals surface area (Å²) in [5, 5.41) is 21.5. The van der Waals surface area contributed by atoms with E-state index in [1.165, 1.54) is 0 Å². The Morgan fingerprint density at radius 1 is 1.18 bits per heavy atom. The van der Waals surface area contributed by atoms with Crippen molar-refractivity contribution in [2.75, 3.05) is 0 Å². The first-order valence-corrected chi connectivity index (χ1v) is 6.67. The van der Waals surface area contributed by atoms with Crippen LogP contribution < -0.4 is 5.32 Å². The molecular formula is C15H16N2O5. The molecule has 1 amide bonds. The van der Waals surface area contributed by atoms with E-state index >= 15 is 0 Å². The van der Waals surface area contributed by atoms with Gasteiger partial charge in [0, 0.05) is 24.0 Å². The van der Waals surface area contributed by atoms with Crippen molar-refractivity contribution in [2.24, 2.45) is 0 Å². The molecule has 2 aromatic rings. The monoisotopic (exact) mass is 304 g/mol. The number of rotatable bonds is 6. The van der Waals surface area contributed by atoms with E-state index < -0.39 is 23.4 Å². The quantitative estimate of drug-likeness (QED) is 0.597. The van der Waals surface area contributed by atoms with Gasteiger partial charge in [-0.25, -0.2) is 9.59 Å². The molecule has 0 atom stereocenters. The molecule has 0 aliphatic rings. The van der Waals surface area contributed by atoms with Gasteiger partial charge in [0.1, 0.15) is 0 Å². The van der Waals surface area contributed by atoms with Crippen molar-refractivity contribution in [2.45, 2.75) is 25.3 Å². The van der Waals surface area contributed by atoms with Crippen LogP contribution in [-0.4, -0.2) is 38.6 Å². The molecule has 22 heavy (non-hydrogen) atoms. The Morgan fingerprint density at radius 2 is 1.82 bits per heavy atom. The number of carboxylic acids is 2. The number of aromatic amines is 1. The number of hydrogen-bond donors (Lipinski definition) is 4. The second-order valence-electron chi connectivity index (χ2n) is 5.06. The van der Waals surface area contributed by atoms with Gasteiger partial charge in [-0.05, 0) is 24.5 Å². The zero-order valence-electron chi connectivity index (χ0n) is 11.9. The number of aliphatic carboxylic acids is 2. The molecule has 0 aliphatic carbocycles. The Morgan fingerprint density at radius 3 is 2.41 bits per heavy atom. The summed E-state index contributed by atoms with van der Waals surface area (Å²) < 4.78 is 0. The van der Waals surface area contributed by atoms with Crippen molar-refractivity contribution in [3.8, 4) is 0 Å². The van der Waals surface area contributed by atoms with E-state index in [0.717, 1.165) is 23.4 Å². The molecule has 1 aromatic carbocycles. The van der Waals surface area contributed by atoms with E-state index in [-0.39, 0.29) is 12.8 Å². The standard InChI is InChI=1S/C15H16N2O5/c1-9(18)17-15(13(19)20,14(21)22)7-6-10-8-16-12-5-3-2-4-11(10)12/h2-5,8,16H,6-7H2,1H3,(H,17,18)(H,19,20)(H,21,22). The lowest BCUT2D eigenvalue weighted by Crippen LogP contribution is -2.60. The second kappa shape index (κ2) is 5.88. The summed E-state index contributed by atoms with van der Waals surface area (Å²) in [6, 6.07) is 7.44. The molecule has 0 aliphatic heterocycles. The van der Waals surface area contributed by atoms with E-state index in [9.17, 15) is 24.6 Å². The predicted octanol–water partition coefficient (Wildman–Crippen LogP) is 1.14. The molecule has 7 heteroatoms. The van der Waals surface area contributed by atoms with Crippen LogP contribution in [0.2, 0.25) is 0 Å². The topological polar surface area (TPSA) is 119 Å². The van der Waals surface area contributed by atoms with E-state index in [2.05, 4.69) is 10.3 Å². The lowest BCUT2D eigenvalue weighted by molar-refractivity contribution is -0.161. The Balaban J connectivity index is 2.30. The molecule has 0 spiro atoms. The van der Waals surface area contributed by atoms with Gasteiger partial charge < -0.3 is 20.5 Å². The fourth-order valence-electron chi connectivity index (χ4n) is 2.44. The number of carboxylic acid groups (broad SMARTS) is 2. The third-order valence-corrected chi connectivity index (χ3v) is 3.56. The highest BCUT2D eigenvalue weighted by Gasteiger charge is 2.47. The first kappa shape index (κ1) is 15.6. The highest BCUT2D eigenvalue weighted by atomic mass is 16.4. The highest BCUT2D eigenvalue weighted by Crippen LogP contribution is 2.22. The third kappa shape index (κ3) is 2.78. The summed E-state index contributed by atoms with van der Waals surface area (Å²) in [6.45, 7) is 1.09. The lowest BCUT2D eigenvalue weighted by Gasteiger charge is -2.25. The molecule has 0 fully saturated rings. The smallest absolute Gasteiger partial charge is 0.341 e. The van der Waals surface area contributed by atoms with Gasteiger partial charge in [0.05, 0.1) is 0 Å². The molecule has 0 unspecified atom stereocenters. The Kier molecular flexibility index (Phi) is 4.16. The number of para-hydroxylation sites is 1. The summed E-state index contributed by atoms with van der Waals surface area (Å²) >= 11 is 0. The number of carbonyl (C=O) groups is 3. The zero-order chi connectivity index (χ0) is 16.3. The number of aromatic nitrogens is 1. The van der Waals surface area contributed by atoms with Crippen LogP contribution >= 0.6 is 0 Å². The fraction of sp³-hybridized carbons (Fsp3) is 0.267. The Hall–Kier alpha value is -2.83. The second-order valence-corrected chi connectivity index (χ2v) is 5.06. The molecule has 7 nitrogen and oxygen atoms in total. The van der Waals surface area contributed by atoms with Crippen LogP contribution in [0.1, 0.15) is 18.9 Å². The van der Waals surface area contributed by atoms with Crippen molar-refractivity contribution >= 4 is 28.7 Å². The summed E-state index contributed by atoms with van der Waals surface area (Å²) in [6.07, 6.45) is 1.66. The molecule has 0 radical (unpaired) electrons.